The van der Waals surface area contributed by atoms with Crippen LogP contribution < -0.4 is 30.1 Å². The van der Waals surface area contributed by atoms with Gasteiger partial charge in [0.2, 0.25) is 0 Å². The van der Waals surface area contributed by atoms with E-state index in [1.165, 1.54) is 16.8 Å². The van der Waals surface area contributed by atoms with Gasteiger partial charge in [0.05, 0.1) is 0 Å². The second-order valence-corrected chi connectivity index (χ2v) is 3.52. The molecule has 0 amide bonds. The Morgan fingerprint density at radius 3 is 1.89 bits per heavy atom. The Morgan fingerprint density at radius 1 is 1.11 bits per heavy atom. The number of para-hydroxylation sites is 1. The van der Waals surface area contributed by atoms with Gasteiger partial charge < -0.3 is 30.1 Å². The molecule has 0 aromatic heterocycles. The fourth-order valence-electron chi connectivity index (χ4n) is 1.55. The number of allylic oxidation sites excluding steroid dienone is 4. The quantitative estimate of drug-likeness (QED) is 0.452. The molecule has 1 nitrogen and oxygen atoms in total. The van der Waals surface area contributed by atoms with Crippen LogP contribution in [0.2, 0.25) is 0 Å². The molecule has 0 atom stereocenters. The molecule has 0 unspecified atom stereocenters. The monoisotopic (exact) mass is 318 g/mol. The number of hydrogen-bond donors (Lipinski definition) is 1. The molecule has 0 fully saturated rings. The van der Waals surface area contributed by atoms with E-state index >= 15 is 0 Å². The van der Waals surface area contributed by atoms with Crippen molar-refractivity contribution in [3.63, 3.8) is 0 Å². The molecular weight excluding hydrogens is 301 g/mol. The predicted molar refractivity (Wildman–Crippen MR) is 67.0 cm³/mol. The fourth-order valence-corrected chi connectivity index (χ4v) is 1.55. The number of benzene rings is 1. The summed E-state index contributed by atoms with van der Waals surface area (Å²) >= 11 is 0. The van der Waals surface area contributed by atoms with Gasteiger partial charge in [-0.3, -0.25) is 6.08 Å². The van der Waals surface area contributed by atoms with Crippen molar-refractivity contribution >= 4 is 5.69 Å². The molecule has 18 heavy (non-hydrogen) atoms. The van der Waals surface area contributed by atoms with E-state index in [0.29, 0.717) is 0 Å². The molecule has 0 saturated carbocycles. The van der Waals surface area contributed by atoms with Crippen LogP contribution in [0.4, 0.5) is 5.69 Å². The first-order chi connectivity index (χ1) is 7.25. The molecule has 1 aliphatic rings. The van der Waals surface area contributed by atoms with Gasteiger partial charge in [-0.25, -0.2) is 12.2 Å². The van der Waals surface area contributed by atoms with Gasteiger partial charge in [-0.05, 0) is 25.0 Å². The summed E-state index contributed by atoms with van der Waals surface area (Å²) < 4.78 is 0. The largest absolute Gasteiger partial charge is 3.00 e. The minimum absolute atomic E-state index is 0. The Hall–Kier alpha value is -0.206. The Morgan fingerprint density at radius 2 is 1.67 bits per heavy atom. The molecule has 1 radical (unpaired) electrons. The number of aryl methyl sites for hydroxylation is 2. The minimum Gasteiger partial charge on any atom is -1.00 e. The third kappa shape index (κ3) is 7.99. The van der Waals surface area contributed by atoms with Crippen LogP contribution in [0.1, 0.15) is 17.5 Å². The number of halogens is 2. The number of nitrogens with one attached hydrogen (secondary N) is 1. The topological polar surface area (TPSA) is 12.0 Å². The normalized spacial score (nSPS) is 10.2. The molecule has 0 spiro atoms. The van der Waals surface area contributed by atoms with Crippen LogP contribution in [-0.4, -0.2) is 7.05 Å². The zero-order valence-corrected chi connectivity index (χ0v) is 14.0. The average molecular weight is 319 g/mol. The van der Waals surface area contributed by atoms with E-state index in [2.05, 4.69) is 49.5 Å². The van der Waals surface area contributed by atoms with Gasteiger partial charge in [-0.15, -0.1) is 6.42 Å². The first-order valence-corrected chi connectivity index (χ1v) is 5.21. The Balaban J connectivity index is -0.000000245. The maximum Gasteiger partial charge on any atom is 3.00 e. The van der Waals surface area contributed by atoms with Crippen LogP contribution >= 0.6 is 0 Å². The van der Waals surface area contributed by atoms with Crippen LogP contribution in [-0.2, 0) is 21.7 Å². The molecule has 0 bridgehead atoms. The second-order valence-electron chi connectivity index (χ2n) is 3.52. The van der Waals surface area contributed by atoms with Crippen molar-refractivity contribution in [3.8, 4) is 0 Å². The smallest absolute Gasteiger partial charge is 1.00 e. The fraction of sp³-hybridized carbons (Fsp3) is 0.286. The number of anilines is 1. The number of hydrogen-bond acceptors (Lipinski definition) is 1. The molecule has 0 saturated heterocycles. The van der Waals surface area contributed by atoms with Gasteiger partial charge in [0.15, 0.2) is 0 Å². The van der Waals surface area contributed by atoms with E-state index < -0.39 is 0 Å². The molecule has 97 valence electrons. The summed E-state index contributed by atoms with van der Waals surface area (Å²) in [6, 6.07) is 6.29. The van der Waals surface area contributed by atoms with Gasteiger partial charge in [0.25, 0.3) is 0 Å². The summed E-state index contributed by atoms with van der Waals surface area (Å²) in [5.41, 5.74) is 3.87. The Kier molecular flexibility index (Phi) is 16.9. The standard InChI is InChI=1S/C9H13N.C5H5.2ClH.Ti/c1-7-5-4-6-8(2)9(7)10-3;1-2-4-5-3-1;;;/h4-6,10H,1-3H3;1-3H,4H2;2*1H;/q;-1;;;+3/p-2. The van der Waals surface area contributed by atoms with E-state index in [4.69, 9.17) is 0 Å². The SMILES string of the molecule is CNc1c(C)cccc1C.[C-]1=CC=CC1.[Cl-].[Cl-].[Ti+3]. The zero-order chi connectivity index (χ0) is 11.1. The molecule has 0 heterocycles. The third-order valence-corrected chi connectivity index (χ3v) is 2.32. The number of rotatable bonds is 1. The van der Waals surface area contributed by atoms with E-state index in [1.807, 2.05) is 19.2 Å². The van der Waals surface area contributed by atoms with Crippen molar-refractivity contribution in [1.29, 1.82) is 0 Å². The third-order valence-electron chi connectivity index (χ3n) is 2.32. The molecule has 0 aliphatic heterocycles. The van der Waals surface area contributed by atoms with Crippen molar-refractivity contribution < 1.29 is 46.5 Å². The van der Waals surface area contributed by atoms with E-state index in [-0.39, 0.29) is 46.5 Å². The van der Waals surface area contributed by atoms with Crippen LogP contribution in [0.3, 0.4) is 0 Å². The van der Waals surface area contributed by atoms with Gasteiger partial charge in [0, 0.05) is 12.7 Å². The van der Waals surface area contributed by atoms with Crippen molar-refractivity contribution in [2.75, 3.05) is 12.4 Å². The van der Waals surface area contributed by atoms with Crippen molar-refractivity contribution in [2.24, 2.45) is 0 Å². The van der Waals surface area contributed by atoms with Gasteiger partial charge >= 0.3 is 21.7 Å². The molecule has 4 heteroatoms. The van der Waals surface area contributed by atoms with Crippen molar-refractivity contribution in [3.05, 3.63) is 53.6 Å². The molecule has 1 aliphatic carbocycles. The maximum atomic E-state index is 3.16. The van der Waals surface area contributed by atoms with Crippen molar-refractivity contribution in [1.82, 2.24) is 0 Å². The van der Waals surface area contributed by atoms with Crippen LogP contribution in [0, 0.1) is 19.9 Å². The predicted octanol–water partition coefficient (Wildman–Crippen LogP) is -2.34. The first-order valence-electron chi connectivity index (χ1n) is 5.21. The molecule has 1 aromatic rings. The molecule has 1 N–H and O–H groups in total. The summed E-state index contributed by atoms with van der Waals surface area (Å²) in [5.74, 6) is 0. The van der Waals surface area contributed by atoms with E-state index in [0.717, 1.165) is 6.42 Å². The molecule has 1 aromatic carbocycles. The summed E-state index contributed by atoms with van der Waals surface area (Å²) in [7, 11) is 1.95. The van der Waals surface area contributed by atoms with E-state index in [1.54, 1.807) is 0 Å². The summed E-state index contributed by atoms with van der Waals surface area (Å²) in [5, 5.41) is 3.16. The molecule has 2 rings (SSSR count). The van der Waals surface area contributed by atoms with E-state index in [9.17, 15) is 0 Å². The van der Waals surface area contributed by atoms with Gasteiger partial charge in [-0.1, -0.05) is 18.2 Å². The van der Waals surface area contributed by atoms with Crippen molar-refractivity contribution in [2.45, 2.75) is 20.3 Å². The van der Waals surface area contributed by atoms with Gasteiger partial charge in [-0.2, -0.15) is 6.08 Å². The average Bonchev–Trinajstić information content (AvgIpc) is 2.76. The second kappa shape index (κ2) is 13.2. The van der Waals surface area contributed by atoms with Crippen LogP contribution in [0.25, 0.3) is 0 Å². The molecular formula is C14H18Cl2NTi. The maximum absolute atomic E-state index is 3.16. The van der Waals surface area contributed by atoms with Crippen LogP contribution in [0.15, 0.2) is 36.4 Å². The zero-order valence-electron chi connectivity index (χ0n) is 10.9. The first kappa shape index (κ1) is 22.9. The summed E-state index contributed by atoms with van der Waals surface area (Å²) in [4.78, 5) is 0. The summed E-state index contributed by atoms with van der Waals surface area (Å²) in [6.45, 7) is 4.22. The van der Waals surface area contributed by atoms with Crippen LogP contribution in [0.5, 0.6) is 0 Å². The Labute approximate surface area is 138 Å². The minimum atomic E-state index is 0. The Bertz CT molecular complexity index is 346. The summed E-state index contributed by atoms with van der Waals surface area (Å²) in [6.07, 6.45) is 10.0. The van der Waals surface area contributed by atoms with Gasteiger partial charge in [0.1, 0.15) is 0 Å².